The first-order valence-electron chi connectivity index (χ1n) is 8.38. The lowest BCUT2D eigenvalue weighted by atomic mass is 9.91. The Balaban J connectivity index is 1.36. The van der Waals surface area contributed by atoms with Crippen LogP contribution in [0.2, 0.25) is 0 Å². The van der Waals surface area contributed by atoms with Gasteiger partial charge in [0, 0.05) is 19.0 Å². The maximum Gasteiger partial charge on any atom is 0.289 e. The van der Waals surface area contributed by atoms with Crippen LogP contribution >= 0.6 is 0 Å². The third-order valence-corrected chi connectivity index (χ3v) is 4.91. The summed E-state index contributed by atoms with van der Waals surface area (Å²) in [6.07, 6.45) is 10.4. The number of carbonyl (C=O) groups is 1. The van der Waals surface area contributed by atoms with Crippen molar-refractivity contribution in [1.82, 2.24) is 34.8 Å². The van der Waals surface area contributed by atoms with Gasteiger partial charge in [-0.2, -0.15) is 5.10 Å². The van der Waals surface area contributed by atoms with Crippen molar-refractivity contribution < 1.29 is 4.79 Å². The lowest BCUT2D eigenvalue weighted by molar-refractivity contribution is 0.0905. The number of aromatic nitrogens is 6. The number of fused-ring (bicyclic) bond motifs is 1. The van der Waals surface area contributed by atoms with E-state index in [0.717, 1.165) is 57.3 Å². The van der Waals surface area contributed by atoms with Gasteiger partial charge in [0.15, 0.2) is 0 Å². The van der Waals surface area contributed by atoms with E-state index in [4.69, 9.17) is 0 Å². The Labute approximate surface area is 134 Å². The van der Waals surface area contributed by atoms with Crippen LogP contribution in [0.25, 0.3) is 0 Å². The van der Waals surface area contributed by atoms with E-state index in [1.54, 1.807) is 12.7 Å². The second-order valence-corrected chi connectivity index (χ2v) is 6.40. The van der Waals surface area contributed by atoms with Crippen molar-refractivity contribution in [3.05, 3.63) is 24.3 Å². The van der Waals surface area contributed by atoms with Crippen LogP contribution in [-0.4, -0.2) is 41.5 Å². The van der Waals surface area contributed by atoms with Crippen molar-refractivity contribution >= 4 is 5.91 Å². The number of nitrogens with zero attached hydrogens (tertiary/aromatic N) is 6. The molecule has 1 aliphatic carbocycles. The van der Waals surface area contributed by atoms with Gasteiger partial charge in [0.2, 0.25) is 5.82 Å². The first-order valence-corrected chi connectivity index (χ1v) is 8.38. The van der Waals surface area contributed by atoms with Crippen LogP contribution in [0.3, 0.4) is 0 Å². The molecule has 122 valence electrons. The molecule has 23 heavy (non-hydrogen) atoms. The molecule has 0 saturated heterocycles. The van der Waals surface area contributed by atoms with Crippen molar-refractivity contribution in [1.29, 1.82) is 0 Å². The molecule has 0 bridgehead atoms. The van der Waals surface area contributed by atoms with Crippen molar-refractivity contribution in [2.24, 2.45) is 0 Å². The highest BCUT2D eigenvalue weighted by molar-refractivity contribution is 5.90. The van der Waals surface area contributed by atoms with Crippen LogP contribution < -0.4 is 5.32 Å². The number of rotatable bonds is 3. The molecule has 0 unspecified atom stereocenters. The van der Waals surface area contributed by atoms with Gasteiger partial charge in [-0.05, 0) is 38.5 Å². The van der Waals surface area contributed by atoms with Crippen molar-refractivity contribution in [2.75, 3.05) is 0 Å². The van der Waals surface area contributed by atoms with Crippen LogP contribution in [0.5, 0.6) is 0 Å². The molecule has 4 rings (SSSR count). The summed E-state index contributed by atoms with van der Waals surface area (Å²) in [4.78, 5) is 16.5. The van der Waals surface area contributed by atoms with E-state index in [1.165, 1.54) is 0 Å². The van der Waals surface area contributed by atoms with Crippen molar-refractivity contribution in [2.45, 2.75) is 63.6 Å². The fourth-order valence-electron chi connectivity index (χ4n) is 3.62. The van der Waals surface area contributed by atoms with Crippen LogP contribution in [0, 0.1) is 0 Å². The molecule has 0 atom stereocenters. The summed E-state index contributed by atoms with van der Waals surface area (Å²) in [6.45, 7) is 0.851. The quantitative estimate of drug-likeness (QED) is 0.916. The summed E-state index contributed by atoms with van der Waals surface area (Å²) in [5.74, 6) is 1.32. The third-order valence-electron chi connectivity index (χ3n) is 4.91. The molecule has 0 spiro atoms. The average molecular weight is 315 g/mol. The minimum atomic E-state index is -0.0881. The standard InChI is InChI=1S/C15H21N7O/c23-15(14-20-19-13-3-1-2-8-21(13)14)18-11-4-6-12(7-5-11)22-10-16-9-17-22/h9-12H,1-8H2,(H,18,23). The minimum Gasteiger partial charge on any atom is -0.347 e. The minimum absolute atomic E-state index is 0.0881. The lowest BCUT2D eigenvalue weighted by Gasteiger charge is -2.28. The normalized spacial score (nSPS) is 24.2. The molecule has 8 heteroatoms. The number of amides is 1. The van der Waals surface area contributed by atoms with Gasteiger partial charge in [-0.25, -0.2) is 9.67 Å². The molecule has 1 fully saturated rings. The van der Waals surface area contributed by atoms with E-state index in [-0.39, 0.29) is 11.9 Å². The molecule has 0 radical (unpaired) electrons. The fourth-order valence-corrected chi connectivity index (χ4v) is 3.62. The highest BCUT2D eigenvalue weighted by Crippen LogP contribution is 2.27. The number of carbonyl (C=O) groups excluding carboxylic acids is 1. The van der Waals surface area contributed by atoms with Gasteiger partial charge in [0.1, 0.15) is 18.5 Å². The molecular formula is C15H21N7O. The summed E-state index contributed by atoms with van der Waals surface area (Å²) in [7, 11) is 0. The lowest BCUT2D eigenvalue weighted by Crippen LogP contribution is -2.39. The molecule has 2 aromatic rings. The average Bonchev–Trinajstić information content (AvgIpc) is 3.25. The number of hydrogen-bond acceptors (Lipinski definition) is 5. The molecule has 1 aliphatic heterocycles. The molecular weight excluding hydrogens is 294 g/mol. The molecule has 8 nitrogen and oxygen atoms in total. The first-order chi connectivity index (χ1) is 11.3. The Morgan fingerprint density at radius 3 is 2.83 bits per heavy atom. The highest BCUT2D eigenvalue weighted by Gasteiger charge is 2.27. The van der Waals surface area contributed by atoms with Gasteiger partial charge in [-0.1, -0.05) is 0 Å². The molecule has 1 saturated carbocycles. The van der Waals surface area contributed by atoms with Gasteiger partial charge in [0.25, 0.3) is 5.91 Å². The Hall–Kier alpha value is -2.25. The maximum atomic E-state index is 12.5. The largest absolute Gasteiger partial charge is 0.347 e. The Bertz CT molecular complexity index is 670. The van der Waals surface area contributed by atoms with E-state index in [0.29, 0.717) is 11.9 Å². The zero-order chi connectivity index (χ0) is 15.6. The number of aryl methyl sites for hydroxylation is 1. The van der Waals surface area contributed by atoms with E-state index < -0.39 is 0 Å². The summed E-state index contributed by atoms with van der Waals surface area (Å²) in [6, 6.07) is 0.602. The summed E-state index contributed by atoms with van der Waals surface area (Å²) >= 11 is 0. The zero-order valence-corrected chi connectivity index (χ0v) is 13.1. The van der Waals surface area contributed by atoms with Crippen LogP contribution in [0.15, 0.2) is 12.7 Å². The summed E-state index contributed by atoms with van der Waals surface area (Å²) in [5, 5.41) is 15.6. The van der Waals surface area contributed by atoms with Crippen LogP contribution in [0.1, 0.15) is 61.0 Å². The van der Waals surface area contributed by atoms with Crippen molar-refractivity contribution in [3.63, 3.8) is 0 Å². The van der Waals surface area contributed by atoms with Gasteiger partial charge >= 0.3 is 0 Å². The van der Waals surface area contributed by atoms with Crippen molar-refractivity contribution in [3.8, 4) is 0 Å². The van der Waals surface area contributed by atoms with Crippen LogP contribution in [-0.2, 0) is 13.0 Å². The van der Waals surface area contributed by atoms with E-state index in [2.05, 4.69) is 25.6 Å². The van der Waals surface area contributed by atoms with Crippen LogP contribution in [0.4, 0.5) is 0 Å². The fraction of sp³-hybridized carbons (Fsp3) is 0.667. The topological polar surface area (TPSA) is 90.5 Å². The zero-order valence-electron chi connectivity index (χ0n) is 13.1. The monoisotopic (exact) mass is 315 g/mol. The van der Waals surface area contributed by atoms with Gasteiger partial charge in [-0.3, -0.25) is 4.79 Å². The molecule has 3 heterocycles. The second kappa shape index (κ2) is 6.10. The first kappa shape index (κ1) is 14.3. The van der Waals surface area contributed by atoms with Gasteiger partial charge in [-0.15, -0.1) is 10.2 Å². The highest BCUT2D eigenvalue weighted by atomic mass is 16.2. The molecule has 2 aromatic heterocycles. The molecule has 1 N–H and O–H groups in total. The Morgan fingerprint density at radius 2 is 2.04 bits per heavy atom. The molecule has 1 amide bonds. The predicted octanol–water partition coefficient (Wildman–Crippen LogP) is 1.12. The van der Waals surface area contributed by atoms with E-state index in [9.17, 15) is 4.79 Å². The van der Waals surface area contributed by atoms with E-state index >= 15 is 0 Å². The summed E-state index contributed by atoms with van der Waals surface area (Å²) in [5.41, 5.74) is 0. The smallest absolute Gasteiger partial charge is 0.289 e. The predicted molar refractivity (Wildman–Crippen MR) is 81.7 cm³/mol. The summed E-state index contributed by atoms with van der Waals surface area (Å²) < 4.78 is 3.90. The Kier molecular flexibility index (Phi) is 3.80. The maximum absolute atomic E-state index is 12.5. The third kappa shape index (κ3) is 2.85. The number of hydrogen-bond donors (Lipinski definition) is 1. The molecule has 0 aromatic carbocycles. The van der Waals surface area contributed by atoms with E-state index in [1.807, 2.05) is 9.25 Å². The SMILES string of the molecule is O=C(NC1CCC(n2cncn2)CC1)c1nnc2n1CCCC2. The Morgan fingerprint density at radius 1 is 1.17 bits per heavy atom. The van der Waals surface area contributed by atoms with Gasteiger partial charge in [0.05, 0.1) is 6.04 Å². The second-order valence-electron chi connectivity index (χ2n) is 6.40. The number of nitrogens with one attached hydrogen (secondary N) is 1. The van der Waals surface area contributed by atoms with Gasteiger partial charge < -0.3 is 9.88 Å². The molecule has 2 aliphatic rings.